The Bertz CT molecular complexity index is 1530. The summed E-state index contributed by atoms with van der Waals surface area (Å²) >= 11 is 0. The predicted octanol–water partition coefficient (Wildman–Crippen LogP) is 5.84. The van der Waals surface area contributed by atoms with Gasteiger partial charge in [0.05, 0.1) is 29.1 Å². The highest BCUT2D eigenvalue weighted by Crippen LogP contribution is 2.39. The van der Waals surface area contributed by atoms with Crippen molar-refractivity contribution in [1.82, 2.24) is 15.0 Å². The molecule has 11 heteroatoms. The Morgan fingerprint density at radius 1 is 1.08 bits per heavy atom. The Morgan fingerprint density at radius 2 is 1.89 bits per heavy atom. The first-order valence-corrected chi connectivity index (χ1v) is 11.3. The maximum Gasteiger partial charge on any atom is 0.283 e. The minimum Gasteiger partial charge on any atom is -0.364 e. The first-order valence-electron chi connectivity index (χ1n) is 11.3. The van der Waals surface area contributed by atoms with E-state index < -0.39 is 30.0 Å². The first-order chi connectivity index (χ1) is 17.7. The van der Waals surface area contributed by atoms with E-state index in [1.807, 2.05) is 0 Å². The van der Waals surface area contributed by atoms with Crippen molar-refractivity contribution in [2.45, 2.75) is 12.3 Å². The molecule has 1 amide bonds. The number of fused-ring (bicyclic) bond motifs is 1. The summed E-state index contributed by atoms with van der Waals surface area (Å²) in [5.74, 6) is -5.31. The van der Waals surface area contributed by atoms with Crippen molar-refractivity contribution < 1.29 is 22.4 Å². The summed E-state index contributed by atoms with van der Waals surface area (Å²) in [6.45, 7) is 2.49. The van der Waals surface area contributed by atoms with Crippen LogP contribution in [0.3, 0.4) is 0 Å². The zero-order valence-electron chi connectivity index (χ0n) is 19.3. The lowest BCUT2D eigenvalue weighted by Crippen LogP contribution is -2.26. The van der Waals surface area contributed by atoms with Crippen LogP contribution in [0.4, 0.5) is 40.4 Å². The van der Waals surface area contributed by atoms with E-state index in [1.165, 1.54) is 35.6 Å². The number of carbonyl (C=O) groups excluding carboxylic acids is 1. The van der Waals surface area contributed by atoms with E-state index in [9.17, 15) is 22.4 Å². The average molecular weight is 508 g/mol. The average Bonchev–Trinajstić information content (AvgIpc) is 3.23. The lowest BCUT2D eigenvalue weighted by molar-refractivity contribution is -0.114. The monoisotopic (exact) mass is 508 g/mol. The normalized spacial score (nSPS) is 14.5. The van der Waals surface area contributed by atoms with Gasteiger partial charge in [-0.05, 0) is 36.4 Å². The second-order valence-corrected chi connectivity index (χ2v) is 8.53. The smallest absolute Gasteiger partial charge is 0.283 e. The number of pyridine rings is 1. The number of nitrogens with one attached hydrogen (secondary N) is 2. The highest BCUT2D eigenvalue weighted by atomic mass is 19.3. The van der Waals surface area contributed by atoms with Crippen LogP contribution in [0.2, 0.25) is 0 Å². The summed E-state index contributed by atoms with van der Waals surface area (Å²) in [4.78, 5) is 26.3. The zero-order valence-corrected chi connectivity index (χ0v) is 19.3. The highest BCUT2D eigenvalue weighted by Gasteiger charge is 2.39. The van der Waals surface area contributed by atoms with Crippen LogP contribution in [0.5, 0.6) is 0 Å². The number of halogens is 4. The summed E-state index contributed by atoms with van der Waals surface area (Å²) in [5.41, 5.74) is 2.04. The molecule has 2 aromatic carbocycles. The van der Waals surface area contributed by atoms with Gasteiger partial charge in [0.1, 0.15) is 18.0 Å². The molecular weight excluding hydrogens is 488 g/mol. The van der Waals surface area contributed by atoms with Crippen LogP contribution in [-0.4, -0.2) is 39.9 Å². The van der Waals surface area contributed by atoms with Gasteiger partial charge in [-0.3, -0.25) is 9.78 Å². The van der Waals surface area contributed by atoms with E-state index >= 15 is 0 Å². The van der Waals surface area contributed by atoms with Gasteiger partial charge in [0.25, 0.3) is 11.8 Å². The largest absolute Gasteiger partial charge is 0.364 e. The van der Waals surface area contributed by atoms with Gasteiger partial charge < -0.3 is 15.5 Å². The van der Waals surface area contributed by atoms with E-state index in [0.717, 1.165) is 0 Å². The van der Waals surface area contributed by atoms with E-state index in [4.69, 9.17) is 0 Å². The van der Waals surface area contributed by atoms with Gasteiger partial charge in [-0.1, -0.05) is 18.7 Å². The maximum absolute atomic E-state index is 14.3. The summed E-state index contributed by atoms with van der Waals surface area (Å²) in [6, 6.07) is 12.6. The van der Waals surface area contributed by atoms with Crippen molar-refractivity contribution in [3.63, 3.8) is 0 Å². The SMILES string of the molecule is C=C(F)C(=O)Nc1cc2c(Nc3ccnc(-c4ccccc4F)c3)ncnc2cc1N1CCC(F)(F)C1. The molecule has 7 nitrogen and oxygen atoms in total. The van der Waals surface area contributed by atoms with Gasteiger partial charge in [0.15, 0.2) is 5.83 Å². The van der Waals surface area contributed by atoms with Crippen molar-refractivity contribution in [3.05, 3.63) is 79.3 Å². The molecule has 4 aromatic rings. The van der Waals surface area contributed by atoms with Crippen LogP contribution >= 0.6 is 0 Å². The van der Waals surface area contributed by atoms with E-state index in [1.54, 1.807) is 30.3 Å². The number of benzene rings is 2. The quantitative estimate of drug-likeness (QED) is 0.252. The minimum atomic E-state index is -2.89. The van der Waals surface area contributed by atoms with Crippen LogP contribution in [-0.2, 0) is 4.79 Å². The topological polar surface area (TPSA) is 83.0 Å². The summed E-state index contributed by atoms with van der Waals surface area (Å²) in [6.07, 6.45) is 2.46. The van der Waals surface area contributed by atoms with E-state index in [-0.39, 0.29) is 24.3 Å². The Labute approximate surface area is 208 Å². The lowest BCUT2D eigenvalue weighted by Gasteiger charge is -2.23. The van der Waals surface area contributed by atoms with Crippen LogP contribution in [0.25, 0.3) is 22.2 Å². The van der Waals surface area contributed by atoms with Crippen molar-refractivity contribution in [2.75, 3.05) is 28.6 Å². The molecule has 1 aliphatic rings. The number of rotatable bonds is 6. The number of amides is 1. The molecule has 2 N–H and O–H groups in total. The fourth-order valence-corrected chi connectivity index (χ4v) is 4.15. The Balaban J connectivity index is 1.55. The molecule has 3 heterocycles. The van der Waals surface area contributed by atoms with Crippen molar-refractivity contribution >= 4 is 39.7 Å². The van der Waals surface area contributed by atoms with Gasteiger partial charge in [-0.15, -0.1) is 0 Å². The highest BCUT2D eigenvalue weighted by molar-refractivity contribution is 6.07. The van der Waals surface area contributed by atoms with Gasteiger partial charge >= 0.3 is 0 Å². The second-order valence-electron chi connectivity index (χ2n) is 8.53. The van der Waals surface area contributed by atoms with E-state index in [0.29, 0.717) is 33.7 Å². The summed E-state index contributed by atoms with van der Waals surface area (Å²) in [5, 5.41) is 5.96. The number of nitrogens with zero attached hydrogens (tertiary/aromatic N) is 4. The molecule has 1 fully saturated rings. The molecule has 2 aromatic heterocycles. The molecule has 0 unspecified atom stereocenters. The van der Waals surface area contributed by atoms with Crippen LogP contribution in [0.1, 0.15) is 6.42 Å². The van der Waals surface area contributed by atoms with Crippen molar-refractivity contribution in [1.29, 1.82) is 0 Å². The molecule has 188 valence electrons. The molecule has 1 aliphatic heterocycles. The van der Waals surface area contributed by atoms with Crippen molar-refractivity contribution in [2.24, 2.45) is 0 Å². The summed E-state index contributed by atoms with van der Waals surface area (Å²) in [7, 11) is 0. The Hall–Kier alpha value is -4.54. The predicted molar refractivity (Wildman–Crippen MR) is 133 cm³/mol. The molecule has 1 saturated heterocycles. The van der Waals surface area contributed by atoms with Gasteiger partial charge in [0, 0.05) is 35.8 Å². The van der Waals surface area contributed by atoms with Crippen LogP contribution in [0, 0.1) is 5.82 Å². The summed E-state index contributed by atoms with van der Waals surface area (Å²) < 4.78 is 55.6. The molecule has 0 aliphatic carbocycles. The maximum atomic E-state index is 14.3. The number of hydrogen-bond donors (Lipinski definition) is 2. The molecule has 0 saturated carbocycles. The molecule has 0 atom stereocenters. The Morgan fingerprint density at radius 3 is 2.62 bits per heavy atom. The Kier molecular flexibility index (Phi) is 6.20. The molecule has 37 heavy (non-hydrogen) atoms. The van der Waals surface area contributed by atoms with Crippen molar-refractivity contribution in [3.8, 4) is 11.3 Å². The minimum absolute atomic E-state index is 0.0456. The number of aromatic nitrogens is 3. The molecule has 5 rings (SSSR count). The van der Waals surface area contributed by atoms with Gasteiger partial charge in [-0.25, -0.2) is 27.5 Å². The molecule has 0 spiro atoms. The number of anilines is 4. The zero-order chi connectivity index (χ0) is 26.2. The lowest BCUT2D eigenvalue weighted by atomic mass is 10.1. The number of hydrogen-bond acceptors (Lipinski definition) is 6. The standard InChI is InChI=1S/C26H20F4N6O/c1-15(27)25(37)35-22-11-18-21(12-23(22)36-9-7-26(29,30)13-36)32-14-33-24(18)34-16-6-8-31-20(10-16)17-4-2-3-5-19(17)28/h2-6,8,10-12,14H,1,7,9,13H2,(H,35,37)(H,31,32,33,34). The van der Waals surface area contributed by atoms with E-state index in [2.05, 4.69) is 32.2 Å². The second kappa shape index (κ2) is 9.49. The number of alkyl halides is 2. The van der Waals surface area contributed by atoms with Crippen LogP contribution in [0.15, 0.2) is 73.5 Å². The third-order valence-electron chi connectivity index (χ3n) is 5.93. The number of carbonyl (C=O) groups is 1. The fraction of sp³-hybridized carbons (Fsp3) is 0.154. The third kappa shape index (κ3) is 5.06. The van der Waals surface area contributed by atoms with Gasteiger partial charge in [0.2, 0.25) is 0 Å². The fourth-order valence-electron chi connectivity index (χ4n) is 4.15. The molecule has 0 radical (unpaired) electrons. The molecule has 0 bridgehead atoms. The third-order valence-corrected chi connectivity index (χ3v) is 5.93. The molecular formula is C26H20F4N6O. The van der Waals surface area contributed by atoms with Gasteiger partial charge in [-0.2, -0.15) is 0 Å². The van der Waals surface area contributed by atoms with Crippen LogP contribution < -0.4 is 15.5 Å². The first kappa shape index (κ1) is 24.2.